The third kappa shape index (κ3) is 4.22. The minimum absolute atomic E-state index is 0.102. The highest BCUT2D eigenvalue weighted by atomic mass is 32.1. The summed E-state index contributed by atoms with van der Waals surface area (Å²) in [5.41, 5.74) is 0.325. The predicted octanol–water partition coefficient (Wildman–Crippen LogP) is 5.30. The number of hydrogen-bond donors (Lipinski definition) is 1. The van der Waals surface area contributed by atoms with Crippen LogP contribution in [0.15, 0.2) is 42.5 Å². The molecule has 1 aliphatic heterocycles. The van der Waals surface area contributed by atoms with Gasteiger partial charge in [-0.15, -0.1) is 0 Å². The number of piperidine rings is 1. The minimum atomic E-state index is -0.743. The van der Waals surface area contributed by atoms with Gasteiger partial charge in [0.1, 0.15) is 0 Å². The number of carbonyl (C=O) groups is 3. The third-order valence-corrected chi connectivity index (χ3v) is 7.45. The number of likely N-dealkylation sites (tertiary alicyclic amines) is 1. The van der Waals surface area contributed by atoms with E-state index in [0.717, 1.165) is 29.2 Å². The molecule has 1 fully saturated rings. The van der Waals surface area contributed by atoms with Crippen LogP contribution in [-0.4, -0.2) is 40.4 Å². The van der Waals surface area contributed by atoms with Crippen molar-refractivity contribution in [2.75, 3.05) is 13.1 Å². The summed E-state index contributed by atoms with van der Waals surface area (Å²) in [6, 6.07) is 13.6. The number of carbonyl (C=O) groups excluding carboxylic acids is 3. The van der Waals surface area contributed by atoms with Gasteiger partial charge in [-0.05, 0) is 42.0 Å². The molecule has 2 aromatic rings. The van der Waals surface area contributed by atoms with Crippen molar-refractivity contribution in [2.24, 2.45) is 5.41 Å². The zero-order chi connectivity index (χ0) is 22.8. The van der Waals surface area contributed by atoms with Crippen LogP contribution in [0.5, 0.6) is 0 Å². The minimum Gasteiger partial charge on any atom is -0.283 e. The van der Waals surface area contributed by atoms with Gasteiger partial charge < -0.3 is 0 Å². The first-order chi connectivity index (χ1) is 14.7. The molecule has 0 N–H and O–H groups in total. The molecule has 3 rings (SSSR count). The molecule has 0 aromatic heterocycles. The van der Waals surface area contributed by atoms with Crippen LogP contribution in [0.4, 0.5) is 0 Å². The Morgan fingerprint density at radius 1 is 1.06 bits per heavy atom. The van der Waals surface area contributed by atoms with E-state index in [2.05, 4.69) is 36.9 Å². The summed E-state index contributed by atoms with van der Waals surface area (Å²) in [6.07, 6.45) is 2.88. The van der Waals surface area contributed by atoms with Crippen LogP contribution in [0, 0.1) is 5.41 Å². The summed E-state index contributed by atoms with van der Waals surface area (Å²) >= 11 is 4.29. The molecule has 0 bridgehead atoms. The number of benzene rings is 2. The zero-order valence-electron chi connectivity index (χ0n) is 19.1. The highest BCUT2D eigenvalue weighted by Gasteiger charge is 2.56. The average Bonchev–Trinajstić information content (AvgIpc) is 2.77. The number of ketones is 1. The molecule has 0 radical (unpaired) electrons. The van der Waals surface area contributed by atoms with Gasteiger partial charge in [-0.1, -0.05) is 82.8 Å². The Balaban J connectivity index is 2.17. The van der Waals surface area contributed by atoms with Gasteiger partial charge in [-0.3, -0.25) is 9.59 Å². The number of thiol groups is 1. The lowest BCUT2D eigenvalue weighted by Gasteiger charge is -2.47. The highest BCUT2D eigenvalue weighted by molar-refractivity contribution is 7.96. The van der Waals surface area contributed by atoms with E-state index in [1.54, 1.807) is 0 Å². The second-order valence-electron chi connectivity index (χ2n) is 9.45. The van der Waals surface area contributed by atoms with Gasteiger partial charge in [-0.25, -0.2) is 9.28 Å². The lowest BCUT2D eigenvalue weighted by Crippen LogP contribution is -2.68. The van der Waals surface area contributed by atoms with Crippen molar-refractivity contribution in [1.82, 2.24) is 0 Å². The van der Waals surface area contributed by atoms with Crippen LogP contribution in [0.3, 0.4) is 0 Å². The SMILES string of the molecule is CCC[N+]1(C(=O)C(=O)C(C)(C)CC)CCCC(c2cccc3ccccc23)C1C(=O)S. The maximum absolute atomic E-state index is 13.8. The molecule has 5 heteroatoms. The van der Waals surface area contributed by atoms with E-state index >= 15 is 0 Å². The Kier molecular flexibility index (Phi) is 7.07. The number of amides is 1. The van der Waals surface area contributed by atoms with E-state index < -0.39 is 17.4 Å². The van der Waals surface area contributed by atoms with E-state index in [0.29, 0.717) is 25.9 Å². The first-order valence-electron chi connectivity index (χ1n) is 11.4. The summed E-state index contributed by atoms with van der Waals surface area (Å²) in [6.45, 7) is 8.55. The Bertz CT molecular complexity index is 990. The first kappa shape index (κ1) is 23.7. The van der Waals surface area contributed by atoms with Crippen molar-refractivity contribution < 1.29 is 18.9 Å². The Morgan fingerprint density at radius 3 is 2.39 bits per heavy atom. The van der Waals surface area contributed by atoms with E-state index in [-0.39, 0.29) is 21.3 Å². The van der Waals surface area contributed by atoms with Gasteiger partial charge in [0.05, 0.1) is 13.1 Å². The molecule has 3 unspecified atom stereocenters. The van der Waals surface area contributed by atoms with Crippen molar-refractivity contribution in [3.63, 3.8) is 0 Å². The van der Waals surface area contributed by atoms with Crippen LogP contribution < -0.4 is 0 Å². The van der Waals surface area contributed by atoms with Crippen LogP contribution in [-0.2, 0) is 14.4 Å². The van der Waals surface area contributed by atoms with E-state index in [1.807, 2.05) is 45.9 Å². The maximum Gasteiger partial charge on any atom is 0.382 e. The van der Waals surface area contributed by atoms with E-state index in [4.69, 9.17) is 0 Å². The molecular weight excluding hydrogens is 406 g/mol. The molecule has 0 spiro atoms. The Hall–Kier alpha value is -1.98. The van der Waals surface area contributed by atoms with Crippen LogP contribution in [0.25, 0.3) is 10.8 Å². The molecule has 31 heavy (non-hydrogen) atoms. The molecule has 3 atom stereocenters. The van der Waals surface area contributed by atoms with Gasteiger partial charge in [0.2, 0.25) is 5.12 Å². The van der Waals surface area contributed by atoms with Crippen molar-refractivity contribution in [3.05, 3.63) is 48.0 Å². The van der Waals surface area contributed by atoms with Crippen molar-refractivity contribution in [1.29, 1.82) is 0 Å². The lowest BCUT2D eigenvalue weighted by molar-refractivity contribution is -0.873. The molecule has 0 saturated carbocycles. The predicted molar refractivity (Wildman–Crippen MR) is 128 cm³/mol. The molecule has 1 saturated heterocycles. The molecule has 2 aromatic carbocycles. The highest BCUT2D eigenvalue weighted by Crippen LogP contribution is 2.42. The summed E-state index contributed by atoms with van der Waals surface area (Å²) in [7, 11) is 0. The number of hydrogen-bond acceptors (Lipinski definition) is 3. The summed E-state index contributed by atoms with van der Waals surface area (Å²) in [4.78, 5) is 40.1. The normalized spacial score (nSPS) is 24.2. The molecule has 4 nitrogen and oxygen atoms in total. The smallest absolute Gasteiger partial charge is 0.283 e. The van der Waals surface area contributed by atoms with E-state index in [1.165, 1.54) is 0 Å². The second-order valence-corrected chi connectivity index (χ2v) is 9.89. The number of quaternary nitrogens is 1. The molecule has 0 aliphatic carbocycles. The zero-order valence-corrected chi connectivity index (χ0v) is 20.0. The fourth-order valence-electron chi connectivity index (χ4n) is 5.15. The number of nitrogens with zero attached hydrogens (tertiary/aromatic N) is 1. The fraction of sp³-hybridized carbons (Fsp3) is 0.500. The topological polar surface area (TPSA) is 51.2 Å². The monoisotopic (exact) mass is 440 g/mol. The number of Topliss-reactive ketones (excluding diaryl/α,β-unsaturated/α-hetero) is 1. The van der Waals surface area contributed by atoms with Crippen molar-refractivity contribution in [2.45, 2.75) is 65.3 Å². The Morgan fingerprint density at radius 2 is 1.74 bits per heavy atom. The second kappa shape index (κ2) is 9.25. The van der Waals surface area contributed by atoms with Crippen molar-refractivity contribution >= 4 is 40.2 Å². The van der Waals surface area contributed by atoms with E-state index in [9.17, 15) is 14.4 Å². The Labute approximate surface area is 191 Å². The van der Waals surface area contributed by atoms with Gasteiger partial charge in [0, 0.05) is 11.3 Å². The van der Waals surface area contributed by atoms with Crippen LogP contribution in [0.2, 0.25) is 0 Å². The van der Waals surface area contributed by atoms with Gasteiger partial charge in [-0.2, -0.15) is 0 Å². The first-order valence-corrected chi connectivity index (χ1v) is 11.8. The largest absolute Gasteiger partial charge is 0.382 e. The fourth-order valence-corrected chi connectivity index (χ4v) is 5.55. The van der Waals surface area contributed by atoms with Crippen LogP contribution >= 0.6 is 12.6 Å². The molecule has 1 amide bonds. The summed E-state index contributed by atoms with van der Waals surface area (Å²) in [5, 5.41) is 1.90. The third-order valence-electron chi connectivity index (χ3n) is 7.18. The van der Waals surface area contributed by atoms with Gasteiger partial charge >= 0.3 is 5.91 Å². The quantitative estimate of drug-likeness (QED) is 0.361. The molecule has 166 valence electrons. The van der Waals surface area contributed by atoms with Gasteiger partial charge in [0.25, 0.3) is 5.78 Å². The molecule has 1 heterocycles. The summed E-state index contributed by atoms with van der Waals surface area (Å²) < 4.78 is -0.102. The maximum atomic E-state index is 13.8. The lowest BCUT2D eigenvalue weighted by atomic mass is 9.78. The summed E-state index contributed by atoms with van der Waals surface area (Å²) in [5.74, 6) is -0.953. The molecular formula is C26H34NO3S+. The van der Waals surface area contributed by atoms with Crippen LogP contribution in [0.1, 0.15) is 64.9 Å². The van der Waals surface area contributed by atoms with Crippen molar-refractivity contribution in [3.8, 4) is 0 Å². The van der Waals surface area contributed by atoms with Gasteiger partial charge in [0.15, 0.2) is 6.04 Å². The standard InChI is InChI=1S/C26H33NO3S/c1-5-16-27(24(29)23(28)26(3,4)6-2)17-10-15-21(22(27)25(30)31)20-14-9-12-18-11-7-8-13-19(18)20/h7-9,11-14,21-22H,5-6,10,15-17H2,1-4H3/p+1. The average molecular weight is 441 g/mol. The number of fused-ring (bicyclic) bond motifs is 1. The molecule has 1 aliphatic rings. The number of rotatable bonds is 7.